The number of ether oxygens (including phenoxy) is 2. The Morgan fingerprint density at radius 2 is 2.19 bits per heavy atom. The van der Waals surface area contributed by atoms with Crippen LogP contribution < -0.4 is 15.2 Å². The van der Waals surface area contributed by atoms with Gasteiger partial charge in [0.2, 0.25) is 0 Å². The standard InChI is InChI=1S/C10H11ClFNO3/c11-8-9(12)5(6(14)4-13)3-7-10(8)16-2-1-15-7/h3,6,14H,1-2,4,13H2. The summed E-state index contributed by atoms with van der Waals surface area (Å²) in [7, 11) is 0. The molecule has 1 unspecified atom stereocenters. The van der Waals surface area contributed by atoms with Crippen molar-refractivity contribution in [2.75, 3.05) is 19.8 Å². The van der Waals surface area contributed by atoms with Crippen LogP contribution in [-0.2, 0) is 0 Å². The van der Waals surface area contributed by atoms with Crippen molar-refractivity contribution in [1.29, 1.82) is 0 Å². The molecule has 4 nitrogen and oxygen atoms in total. The van der Waals surface area contributed by atoms with E-state index in [-0.39, 0.29) is 22.9 Å². The average Bonchev–Trinajstić information content (AvgIpc) is 2.33. The third kappa shape index (κ3) is 1.81. The molecule has 16 heavy (non-hydrogen) atoms. The fourth-order valence-electron chi connectivity index (χ4n) is 1.51. The Kier molecular flexibility index (Phi) is 3.18. The fourth-order valence-corrected chi connectivity index (χ4v) is 1.77. The lowest BCUT2D eigenvalue weighted by molar-refractivity contribution is 0.163. The van der Waals surface area contributed by atoms with Crippen molar-refractivity contribution in [3.05, 3.63) is 22.5 Å². The molecule has 1 aromatic rings. The second-order valence-electron chi connectivity index (χ2n) is 3.37. The number of hydrogen-bond donors (Lipinski definition) is 2. The summed E-state index contributed by atoms with van der Waals surface area (Å²) in [6.45, 7) is 0.602. The summed E-state index contributed by atoms with van der Waals surface area (Å²) < 4.78 is 24.2. The van der Waals surface area contributed by atoms with E-state index in [9.17, 15) is 9.50 Å². The van der Waals surface area contributed by atoms with Crippen LogP contribution in [0.25, 0.3) is 0 Å². The van der Waals surface area contributed by atoms with Crippen molar-refractivity contribution < 1.29 is 19.0 Å². The second-order valence-corrected chi connectivity index (χ2v) is 3.75. The molecule has 2 rings (SSSR count). The number of benzene rings is 1. The van der Waals surface area contributed by atoms with Gasteiger partial charge in [-0.25, -0.2) is 4.39 Å². The fraction of sp³-hybridized carbons (Fsp3) is 0.400. The molecule has 0 radical (unpaired) electrons. The monoisotopic (exact) mass is 247 g/mol. The molecule has 0 saturated carbocycles. The lowest BCUT2D eigenvalue weighted by Crippen LogP contribution is -2.18. The minimum Gasteiger partial charge on any atom is -0.486 e. The highest BCUT2D eigenvalue weighted by atomic mass is 35.5. The summed E-state index contributed by atoms with van der Waals surface area (Å²) in [4.78, 5) is 0. The lowest BCUT2D eigenvalue weighted by Gasteiger charge is -2.22. The van der Waals surface area contributed by atoms with E-state index in [0.717, 1.165) is 0 Å². The van der Waals surface area contributed by atoms with Crippen molar-refractivity contribution >= 4 is 11.6 Å². The number of halogens is 2. The molecule has 1 aliphatic heterocycles. The van der Waals surface area contributed by atoms with Gasteiger partial charge in [0.25, 0.3) is 0 Å². The number of nitrogens with two attached hydrogens (primary N) is 1. The van der Waals surface area contributed by atoms with Gasteiger partial charge in [-0.05, 0) is 6.07 Å². The Balaban J connectivity index is 2.52. The number of aliphatic hydroxyl groups excluding tert-OH is 1. The van der Waals surface area contributed by atoms with Gasteiger partial charge >= 0.3 is 0 Å². The van der Waals surface area contributed by atoms with Gasteiger partial charge in [0.05, 0.1) is 6.10 Å². The Bertz CT molecular complexity index is 414. The molecule has 1 aromatic carbocycles. The van der Waals surface area contributed by atoms with E-state index in [1.54, 1.807) is 0 Å². The molecule has 0 bridgehead atoms. The summed E-state index contributed by atoms with van der Waals surface area (Å²) >= 11 is 5.79. The number of rotatable bonds is 2. The molecular formula is C10H11ClFNO3. The highest BCUT2D eigenvalue weighted by Gasteiger charge is 2.24. The number of fused-ring (bicyclic) bond motifs is 1. The van der Waals surface area contributed by atoms with Gasteiger partial charge in [-0.1, -0.05) is 11.6 Å². The van der Waals surface area contributed by atoms with Crippen LogP contribution in [-0.4, -0.2) is 24.9 Å². The van der Waals surface area contributed by atoms with Crippen LogP contribution in [0.5, 0.6) is 11.5 Å². The van der Waals surface area contributed by atoms with Crippen LogP contribution >= 0.6 is 11.6 Å². The molecule has 0 spiro atoms. The van der Waals surface area contributed by atoms with E-state index in [1.807, 2.05) is 0 Å². The Morgan fingerprint density at radius 3 is 2.88 bits per heavy atom. The zero-order valence-electron chi connectivity index (χ0n) is 8.37. The molecule has 1 heterocycles. The molecule has 3 N–H and O–H groups in total. The molecule has 0 saturated heterocycles. The predicted octanol–water partition coefficient (Wildman–Crippen LogP) is 1.24. The first kappa shape index (κ1) is 11.4. The molecule has 6 heteroatoms. The van der Waals surface area contributed by atoms with E-state index in [1.165, 1.54) is 6.07 Å². The second kappa shape index (κ2) is 4.45. The third-order valence-electron chi connectivity index (χ3n) is 2.33. The van der Waals surface area contributed by atoms with Crippen LogP contribution in [0, 0.1) is 5.82 Å². The zero-order valence-corrected chi connectivity index (χ0v) is 9.13. The van der Waals surface area contributed by atoms with Gasteiger partial charge in [-0.2, -0.15) is 0 Å². The molecule has 0 aliphatic carbocycles. The molecule has 0 amide bonds. The highest BCUT2D eigenvalue weighted by molar-refractivity contribution is 6.32. The quantitative estimate of drug-likeness (QED) is 0.825. The normalized spacial score (nSPS) is 16.0. The summed E-state index contributed by atoms with van der Waals surface area (Å²) in [6.07, 6.45) is -1.10. The van der Waals surface area contributed by atoms with E-state index < -0.39 is 11.9 Å². The predicted molar refractivity (Wildman–Crippen MR) is 56.4 cm³/mol. The SMILES string of the molecule is NCC(O)c1cc2c(c(Cl)c1F)OCCO2. The molecule has 88 valence electrons. The molecule has 0 aromatic heterocycles. The first-order valence-electron chi connectivity index (χ1n) is 4.80. The van der Waals surface area contributed by atoms with Crippen molar-refractivity contribution in [1.82, 2.24) is 0 Å². The van der Waals surface area contributed by atoms with E-state index in [4.69, 9.17) is 26.8 Å². The minimum atomic E-state index is -1.10. The smallest absolute Gasteiger partial charge is 0.182 e. The summed E-state index contributed by atoms with van der Waals surface area (Å²) in [6, 6.07) is 1.37. The van der Waals surface area contributed by atoms with E-state index in [0.29, 0.717) is 19.0 Å². The Morgan fingerprint density at radius 1 is 1.50 bits per heavy atom. The summed E-state index contributed by atoms with van der Waals surface area (Å²) in [5.41, 5.74) is 5.29. The van der Waals surface area contributed by atoms with Crippen molar-refractivity contribution in [3.63, 3.8) is 0 Å². The van der Waals surface area contributed by atoms with Gasteiger partial charge in [-0.3, -0.25) is 0 Å². The lowest BCUT2D eigenvalue weighted by atomic mass is 10.1. The molecule has 1 atom stereocenters. The van der Waals surface area contributed by atoms with Gasteiger partial charge in [0.15, 0.2) is 17.3 Å². The van der Waals surface area contributed by atoms with Crippen LogP contribution in [0.1, 0.15) is 11.7 Å². The number of aliphatic hydroxyl groups is 1. The van der Waals surface area contributed by atoms with E-state index in [2.05, 4.69) is 0 Å². The maximum atomic E-state index is 13.7. The molecular weight excluding hydrogens is 237 g/mol. The maximum Gasteiger partial charge on any atom is 0.182 e. The molecule has 1 aliphatic rings. The van der Waals surface area contributed by atoms with Crippen molar-refractivity contribution in [3.8, 4) is 11.5 Å². The Hall–Kier alpha value is -1.04. The summed E-state index contributed by atoms with van der Waals surface area (Å²) in [5, 5.41) is 9.34. The topological polar surface area (TPSA) is 64.7 Å². The van der Waals surface area contributed by atoms with Crippen molar-refractivity contribution in [2.24, 2.45) is 5.73 Å². The van der Waals surface area contributed by atoms with Gasteiger partial charge in [-0.15, -0.1) is 0 Å². The van der Waals surface area contributed by atoms with Crippen molar-refractivity contribution in [2.45, 2.75) is 6.10 Å². The molecule has 0 fully saturated rings. The highest BCUT2D eigenvalue weighted by Crippen LogP contribution is 2.41. The van der Waals surface area contributed by atoms with Crippen LogP contribution in [0.3, 0.4) is 0 Å². The Labute approximate surface area is 96.7 Å². The minimum absolute atomic E-state index is 0.0248. The third-order valence-corrected chi connectivity index (χ3v) is 2.66. The summed E-state index contributed by atoms with van der Waals surface area (Å²) in [5.74, 6) is -0.206. The average molecular weight is 248 g/mol. The van der Waals surface area contributed by atoms with Gasteiger partial charge < -0.3 is 20.3 Å². The van der Waals surface area contributed by atoms with Crippen LogP contribution in [0.4, 0.5) is 4.39 Å². The first-order chi connectivity index (χ1) is 7.65. The number of hydrogen-bond acceptors (Lipinski definition) is 4. The van der Waals surface area contributed by atoms with Gasteiger partial charge in [0.1, 0.15) is 18.2 Å². The van der Waals surface area contributed by atoms with Gasteiger partial charge in [0, 0.05) is 12.1 Å². The van der Waals surface area contributed by atoms with E-state index >= 15 is 0 Å². The first-order valence-corrected chi connectivity index (χ1v) is 5.18. The zero-order chi connectivity index (χ0) is 11.7. The van der Waals surface area contributed by atoms with Crippen LogP contribution in [0.15, 0.2) is 6.07 Å². The maximum absolute atomic E-state index is 13.7. The largest absolute Gasteiger partial charge is 0.486 e. The van der Waals surface area contributed by atoms with Crippen LogP contribution in [0.2, 0.25) is 5.02 Å².